The zero-order valence-electron chi connectivity index (χ0n) is 14.4. The third kappa shape index (κ3) is 5.21. The molecule has 7 heteroatoms. The Hall–Kier alpha value is -2.05. The van der Waals surface area contributed by atoms with Gasteiger partial charge >= 0.3 is 0 Å². The standard InChI is InChI=1S/C18H21ClN2O3S/c1-13-5-4-6-15(11-13)12-20-18(22)14(2)21(25(3,23)24)17-9-7-16(19)8-10-17/h4-11,14H,12H2,1-3H3,(H,20,22). The summed E-state index contributed by atoms with van der Waals surface area (Å²) in [6, 6.07) is 13.2. The topological polar surface area (TPSA) is 66.5 Å². The smallest absolute Gasteiger partial charge is 0.243 e. The number of amides is 1. The third-order valence-corrected chi connectivity index (χ3v) is 5.21. The van der Waals surface area contributed by atoms with Crippen LogP contribution in [0.5, 0.6) is 0 Å². The predicted octanol–water partition coefficient (Wildman–Crippen LogP) is 3.12. The number of rotatable bonds is 6. The molecule has 1 amide bonds. The van der Waals surface area contributed by atoms with Crippen molar-refractivity contribution in [2.75, 3.05) is 10.6 Å². The molecule has 0 fully saturated rings. The van der Waals surface area contributed by atoms with Crippen molar-refractivity contribution < 1.29 is 13.2 Å². The average Bonchev–Trinajstić information content (AvgIpc) is 2.53. The van der Waals surface area contributed by atoms with Gasteiger partial charge in [-0.05, 0) is 43.7 Å². The van der Waals surface area contributed by atoms with Crippen molar-refractivity contribution in [1.82, 2.24) is 5.32 Å². The molecule has 0 aliphatic carbocycles. The third-order valence-electron chi connectivity index (χ3n) is 3.72. The van der Waals surface area contributed by atoms with Crippen molar-refractivity contribution in [3.63, 3.8) is 0 Å². The number of carbonyl (C=O) groups excluding carboxylic acids is 1. The molecule has 1 N–H and O–H groups in total. The first-order valence-electron chi connectivity index (χ1n) is 7.76. The zero-order valence-corrected chi connectivity index (χ0v) is 15.9. The van der Waals surface area contributed by atoms with E-state index in [4.69, 9.17) is 11.6 Å². The Kier molecular flexibility index (Phi) is 6.08. The number of hydrogen-bond donors (Lipinski definition) is 1. The van der Waals surface area contributed by atoms with E-state index in [1.165, 1.54) is 0 Å². The van der Waals surface area contributed by atoms with Gasteiger partial charge in [0.15, 0.2) is 0 Å². The van der Waals surface area contributed by atoms with Gasteiger partial charge in [-0.2, -0.15) is 0 Å². The zero-order chi connectivity index (χ0) is 18.6. The number of halogens is 1. The molecule has 2 aromatic rings. The molecule has 2 aromatic carbocycles. The van der Waals surface area contributed by atoms with Crippen molar-refractivity contribution in [2.24, 2.45) is 0 Å². The Labute approximate surface area is 153 Å². The number of benzene rings is 2. The number of anilines is 1. The molecule has 0 heterocycles. The van der Waals surface area contributed by atoms with Gasteiger partial charge in [-0.3, -0.25) is 9.10 Å². The van der Waals surface area contributed by atoms with Gasteiger partial charge in [0.25, 0.3) is 0 Å². The predicted molar refractivity (Wildman–Crippen MR) is 101 cm³/mol. The number of carbonyl (C=O) groups is 1. The highest BCUT2D eigenvalue weighted by atomic mass is 35.5. The van der Waals surface area contributed by atoms with Crippen LogP contribution in [-0.2, 0) is 21.4 Å². The Morgan fingerprint density at radius 1 is 1.20 bits per heavy atom. The van der Waals surface area contributed by atoms with E-state index in [0.29, 0.717) is 17.3 Å². The van der Waals surface area contributed by atoms with E-state index in [9.17, 15) is 13.2 Å². The van der Waals surface area contributed by atoms with Gasteiger partial charge in [0.05, 0.1) is 11.9 Å². The molecule has 0 aliphatic rings. The van der Waals surface area contributed by atoms with E-state index in [0.717, 1.165) is 21.7 Å². The van der Waals surface area contributed by atoms with Crippen LogP contribution in [0.25, 0.3) is 0 Å². The van der Waals surface area contributed by atoms with Crippen LogP contribution >= 0.6 is 11.6 Å². The second-order valence-electron chi connectivity index (χ2n) is 5.92. The van der Waals surface area contributed by atoms with E-state index < -0.39 is 16.1 Å². The van der Waals surface area contributed by atoms with Crippen molar-refractivity contribution in [3.8, 4) is 0 Å². The quantitative estimate of drug-likeness (QED) is 0.837. The maximum atomic E-state index is 12.5. The second-order valence-corrected chi connectivity index (χ2v) is 8.21. The highest BCUT2D eigenvalue weighted by molar-refractivity contribution is 7.92. The molecule has 0 aromatic heterocycles. The maximum Gasteiger partial charge on any atom is 0.243 e. The summed E-state index contributed by atoms with van der Waals surface area (Å²) in [5, 5.41) is 3.28. The van der Waals surface area contributed by atoms with Crippen molar-refractivity contribution in [2.45, 2.75) is 26.4 Å². The molecule has 1 unspecified atom stereocenters. The number of sulfonamides is 1. The molecule has 0 spiro atoms. The Morgan fingerprint density at radius 3 is 2.40 bits per heavy atom. The Bertz CT molecular complexity index is 851. The second kappa shape index (κ2) is 7.89. The lowest BCUT2D eigenvalue weighted by Gasteiger charge is -2.28. The van der Waals surface area contributed by atoms with Crippen LogP contribution in [0.3, 0.4) is 0 Å². The van der Waals surface area contributed by atoms with Crippen molar-refractivity contribution in [3.05, 3.63) is 64.7 Å². The van der Waals surface area contributed by atoms with Crippen molar-refractivity contribution in [1.29, 1.82) is 0 Å². The summed E-state index contributed by atoms with van der Waals surface area (Å²) in [5.74, 6) is -0.373. The lowest BCUT2D eigenvalue weighted by atomic mass is 10.1. The largest absolute Gasteiger partial charge is 0.350 e. The molecule has 0 saturated carbocycles. The molecule has 0 bridgehead atoms. The van der Waals surface area contributed by atoms with E-state index in [2.05, 4.69) is 5.32 Å². The first-order chi connectivity index (χ1) is 11.7. The van der Waals surface area contributed by atoms with Gasteiger partial charge in [0, 0.05) is 11.6 Å². The molecule has 0 saturated heterocycles. The van der Waals surface area contributed by atoms with Crippen LogP contribution in [0.1, 0.15) is 18.1 Å². The summed E-state index contributed by atoms with van der Waals surface area (Å²) < 4.78 is 25.5. The highest BCUT2D eigenvalue weighted by Gasteiger charge is 2.28. The number of hydrogen-bond acceptors (Lipinski definition) is 3. The first kappa shape index (κ1) is 19.3. The minimum Gasteiger partial charge on any atom is -0.350 e. The SMILES string of the molecule is Cc1cccc(CNC(=O)C(C)N(c2ccc(Cl)cc2)S(C)(=O)=O)c1. The molecule has 134 valence electrons. The fraction of sp³-hybridized carbons (Fsp3) is 0.278. The summed E-state index contributed by atoms with van der Waals surface area (Å²) in [5.41, 5.74) is 2.45. The molecule has 1 atom stereocenters. The van der Waals surface area contributed by atoms with E-state index in [1.807, 2.05) is 31.2 Å². The summed E-state index contributed by atoms with van der Waals surface area (Å²) >= 11 is 5.86. The van der Waals surface area contributed by atoms with Crippen LogP contribution in [0.15, 0.2) is 48.5 Å². The number of aryl methyl sites for hydroxylation is 1. The van der Waals surface area contributed by atoms with Gasteiger partial charge in [0.2, 0.25) is 15.9 Å². The normalized spacial score (nSPS) is 12.5. The summed E-state index contributed by atoms with van der Waals surface area (Å²) in [6.45, 7) is 3.87. The number of nitrogens with one attached hydrogen (secondary N) is 1. The fourth-order valence-corrected chi connectivity index (χ4v) is 3.86. The molecule has 0 aliphatic heterocycles. The minimum absolute atomic E-state index is 0.336. The van der Waals surface area contributed by atoms with Crippen molar-refractivity contribution >= 4 is 33.2 Å². The molecule has 0 radical (unpaired) electrons. The van der Waals surface area contributed by atoms with Gasteiger partial charge in [0.1, 0.15) is 6.04 Å². The molecule has 5 nitrogen and oxygen atoms in total. The lowest BCUT2D eigenvalue weighted by Crippen LogP contribution is -2.47. The fourth-order valence-electron chi connectivity index (χ4n) is 2.56. The van der Waals surface area contributed by atoms with E-state index in [1.54, 1.807) is 31.2 Å². The summed E-state index contributed by atoms with van der Waals surface area (Å²) in [4.78, 5) is 12.5. The highest BCUT2D eigenvalue weighted by Crippen LogP contribution is 2.23. The van der Waals surface area contributed by atoms with Gasteiger partial charge in [-0.25, -0.2) is 8.42 Å². The molecular weight excluding hydrogens is 360 g/mol. The molecular formula is C18H21ClN2O3S. The monoisotopic (exact) mass is 380 g/mol. The molecule has 2 rings (SSSR count). The van der Waals surface area contributed by atoms with Crippen LogP contribution in [0, 0.1) is 6.92 Å². The van der Waals surface area contributed by atoms with Crippen LogP contribution < -0.4 is 9.62 Å². The van der Waals surface area contributed by atoms with Crippen LogP contribution in [0.2, 0.25) is 5.02 Å². The Morgan fingerprint density at radius 2 is 1.84 bits per heavy atom. The first-order valence-corrected chi connectivity index (χ1v) is 9.99. The summed E-state index contributed by atoms with van der Waals surface area (Å²) in [7, 11) is -3.64. The van der Waals surface area contributed by atoms with Gasteiger partial charge < -0.3 is 5.32 Å². The summed E-state index contributed by atoms with van der Waals surface area (Å²) in [6.07, 6.45) is 1.08. The van der Waals surface area contributed by atoms with Crippen LogP contribution in [-0.4, -0.2) is 26.6 Å². The van der Waals surface area contributed by atoms with Gasteiger partial charge in [-0.1, -0.05) is 41.4 Å². The van der Waals surface area contributed by atoms with E-state index in [-0.39, 0.29) is 5.91 Å². The Balaban J connectivity index is 2.17. The van der Waals surface area contributed by atoms with Gasteiger partial charge in [-0.15, -0.1) is 0 Å². The van der Waals surface area contributed by atoms with E-state index >= 15 is 0 Å². The average molecular weight is 381 g/mol. The minimum atomic E-state index is -3.64. The molecule has 25 heavy (non-hydrogen) atoms. The van der Waals surface area contributed by atoms with Crippen LogP contribution in [0.4, 0.5) is 5.69 Å². The maximum absolute atomic E-state index is 12.5. The lowest BCUT2D eigenvalue weighted by molar-refractivity contribution is -0.122. The number of nitrogens with zero attached hydrogens (tertiary/aromatic N) is 1.